The fourth-order valence-corrected chi connectivity index (χ4v) is 0.791. The van der Waals surface area contributed by atoms with Crippen LogP contribution in [0.2, 0.25) is 0 Å². The van der Waals surface area contributed by atoms with E-state index in [0.29, 0.717) is 6.54 Å². The van der Waals surface area contributed by atoms with Gasteiger partial charge in [0.1, 0.15) is 0 Å². The summed E-state index contributed by atoms with van der Waals surface area (Å²) in [5, 5.41) is 2.70. The topological polar surface area (TPSA) is 81.1 Å². The summed E-state index contributed by atoms with van der Waals surface area (Å²) in [7, 11) is 0. The van der Waals surface area contributed by atoms with Gasteiger partial charge >= 0.3 is 0 Å². The van der Waals surface area contributed by atoms with Gasteiger partial charge in [-0.1, -0.05) is 0 Å². The van der Waals surface area contributed by atoms with Crippen LogP contribution in [-0.2, 0) is 4.79 Å². The van der Waals surface area contributed by atoms with E-state index in [4.69, 9.17) is 11.5 Å². The summed E-state index contributed by atoms with van der Waals surface area (Å²) >= 11 is 0. The maximum Gasteiger partial charge on any atom is 0.240 e. The minimum Gasteiger partial charge on any atom is -0.353 e. The fourth-order valence-electron chi connectivity index (χ4n) is 0.791. The van der Waals surface area contributed by atoms with E-state index in [1.54, 1.807) is 0 Å². The lowest BCUT2D eigenvalue weighted by Gasteiger charge is -2.11. The van der Waals surface area contributed by atoms with Crippen molar-refractivity contribution in [3.8, 4) is 0 Å². The number of nitrogens with one attached hydrogen (secondary N) is 1. The second-order valence-electron chi connectivity index (χ2n) is 3.34. The second-order valence-corrected chi connectivity index (χ2v) is 3.34. The molecule has 1 fully saturated rings. The van der Waals surface area contributed by atoms with E-state index in [1.807, 2.05) is 6.92 Å². The molecule has 5 N–H and O–H groups in total. The number of carbonyl (C=O) groups excluding carboxylic acids is 1. The first-order valence-corrected chi connectivity index (χ1v) is 3.87. The average Bonchev–Trinajstić information content (AvgIpc) is 2.64. The number of hydrogen-bond acceptors (Lipinski definition) is 3. The summed E-state index contributed by atoms with van der Waals surface area (Å²) in [6.07, 6.45) is 1.61. The molecule has 0 bridgehead atoms. The summed E-state index contributed by atoms with van der Waals surface area (Å²) in [6, 6.07) is 0.00120. The van der Waals surface area contributed by atoms with Crippen LogP contribution in [0.1, 0.15) is 19.8 Å². The number of amides is 1. The summed E-state index contributed by atoms with van der Waals surface area (Å²) in [6.45, 7) is 2.36. The van der Waals surface area contributed by atoms with Gasteiger partial charge in [-0.3, -0.25) is 4.79 Å². The highest BCUT2D eigenvalue weighted by Crippen LogP contribution is 2.31. The maximum atomic E-state index is 11.1. The fraction of sp³-hybridized carbons (Fsp3) is 0.857. The van der Waals surface area contributed by atoms with Crippen molar-refractivity contribution in [3.05, 3.63) is 0 Å². The van der Waals surface area contributed by atoms with Crippen molar-refractivity contribution in [2.24, 2.45) is 11.5 Å². The van der Waals surface area contributed by atoms with E-state index in [1.165, 1.54) is 0 Å². The average molecular weight is 157 g/mol. The lowest BCUT2D eigenvalue weighted by Crippen LogP contribution is -2.46. The summed E-state index contributed by atoms with van der Waals surface area (Å²) < 4.78 is 0. The molecule has 0 saturated heterocycles. The second kappa shape index (κ2) is 2.79. The van der Waals surface area contributed by atoms with Gasteiger partial charge in [-0.15, -0.1) is 0 Å². The Morgan fingerprint density at radius 3 is 2.64 bits per heavy atom. The molecule has 1 saturated carbocycles. The van der Waals surface area contributed by atoms with E-state index < -0.39 is 5.54 Å². The zero-order valence-corrected chi connectivity index (χ0v) is 6.76. The predicted molar refractivity (Wildman–Crippen MR) is 42.8 cm³/mol. The number of carbonyl (C=O) groups is 1. The van der Waals surface area contributed by atoms with Gasteiger partial charge in [-0.25, -0.2) is 0 Å². The normalized spacial score (nSPS) is 22.5. The molecule has 0 spiro atoms. The highest BCUT2D eigenvalue weighted by Gasteiger charge is 2.45. The van der Waals surface area contributed by atoms with Crippen LogP contribution in [0.4, 0.5) is 0 Å². The minimum absolute atomic E-state index is 0.00120. The van der Waals surface area contributed by atoms with Crippen molar-refractivity contribution in [2.75, 3.05) is 6.54 Å². The molecule has 1 aliphatic rings. The van der Waals surface area contributed by atoms with Crippen LogP contribution in [0.25, 0.3) is 0 Å². The molecule has 4 nitrogen and oxygen atoms in total. The van der Waals surface area contributed by atoms with Gasteiger partial charge < -0.3 is 16.8 Å². The van der Waals surface area contributed by atoms with Crippen molar-refractivity contribution in [1.82, 2.24) is 5.32 Å². The molecule has 1 unspecified atom stereocenters. The van der Waals surface area contributed by atoms with Gasteiger partial charge in [0.15, 0.2) is 0 Å². The van der Waals surface area contributed by atoms with Crippen LogP contribution in [0.15, 0.2) is 0 Å². The Morgan fingerprint density at radius 1 is 1.73 bits per heavy atom. The van der Waals surface area contributed by atoms with E-state index >= 15 is 0 Å². The maximum absolute atomic E-state index is 11.1. The van der Waals surface area contributed by atoms with Crippen LogP contribution in [0.3, 0.4) is 0 Å². The molecule has 11 heavy (non-hydrogen) atoms. The molecule has 0 radical (unpaired) electrons. The molecular formula is C7H15N3O. The van der Waals surface area contributed by atoms with Crippen molar-refractivity contribution >= 4 is 5.91 Å². The molecule has 1 amide bonds. The number of rotatable bonds is 3. The lowest BCUT2D eigenvalue weighted by molar-refractivity contribution is -0.123. The minimum atomic E-state index is -0.561. The van der Waals surface area contributed by atoms with Gasteiger partial charge in [-0.2, -0.15) is 0 Å². The molecule has 4 heteroatoms. The Kier molecular flexibility index (Phi) is 2.15. The zero-order chi connectivity index (χ0) is 8.48. The molecule has 1 atom stereocenters. The predicted octanol–water partition coefficient (Wildman–Crippen LogP) is -1.06. The highest BCUT2D eigenvalue weighted by atomic mass is 16.2. The van der Waals surface area contributed by atoms with Crippen LogP contribution < -0.4 is 16.8 Å². The van der Waals surface area contributed by atoms with Crippen molar-refractivity contribution in [1.29, 1.82) is 0 Å². The third kappa shape index (κ3) is 2.17. The molecule has 64 valence electrons. The van der Waals surface area contributed by atoms with Crippen molar-refractivity contribution < 1.29 is 4.79 Å². The Hall–Kier alpha value is -0.610. The summed E-state index contributed by atoms with van der Waals surface area (Å²) in [5.41, 5.74) is 10.5. The van der Waals surface area contributed by atoms with Crippen molar-refractivity contribution in [3.63, 3.8) is 0 Å². The largest absolute Gasteiger partial charge is 0.353 e. The Morgan fingerprint density at radius 2 is 2.27 bits per heavy atom. The molecule has 0 aromatic heterocycles. The van der Waals surface area contributed by atoms with Gasteiger partial charge in [0.2, 0.25) is 5.91 Å². The van der Waals surface area contributed by atoms with E-state index in [0.717, 1.165) is 12.8 Å². The quantitative estimate of drug-likeness (QED) is 0.488. The zero-order valence-electron chi connectivity index (χ0n) is 6.76. The third-order valence-corrected chi connectivity index (χ3v) is 1.83. The van der Waals surface area contributed by atoms with Crippen LogP contribution in [0, 0.1) is 0 Å². The van der Waals surface area contributed by atoms with Crippen LogP contribution >= 0.6 is 0 Å². The third-order valence-electron chi connectivity index (χ3n) is 1.83. The summed E-state index contributed by atoms with van der Waals surface area (Å²) in [5.74, 6) is -0.0604. The SMILES string of the molecule is CC(N)CNC(=O)C1(N)CC1. The first-order chi connectivity index (χ1) is 5.04. The van der Waals surface area contributed by atoms with Gasteiger partial charge in [-0.05, 0) is 19.8 Å². The van der Waals surface area contributed by atoms with E-state index in [9.17, 15) is 4.79 Å². The first kappa shape index (κ1) is 8.49. The number of nitrogens with two attached hydrogens (primary N) is 2. The molecule has 0 heterocycles. The summed E-state index contributed by atoms with van der Waals surface area (Å²) in [4.78, 5) is 11.1. The lowest BCUT2D eigenvalue weighted by atomic mass is 10.2. The highest BCUT2D eigenvalue weighted by molar-refractivity contribution is 5.88. The van der Waals surface area contributed by atoms with Gasteiger partial charge in [0.25, 0.3) is 0 Å². The standard InChI is InChI=1S/C7H15N3O/c1-5(8)4-10-6(11)7(9)2-3-7/h5H,2-4,8-9H2,1H3,(H,10,11). The first-order valence-electron chi connectivity index (χ1n) is 3.87. The molecule has 0 aromatic carbocycles. The van der Waals surface area contributed by atoms with Gasteiger partial charge in [0.05, 0.1) is 5.54 Å². The number of hydrogen-bond donors (Lipinski definition) is 3. The van der Waals surface area contributed by atoms with Crippen molar-refractivity contribution in [2.45, 2.75) is 31.3 Å². The molecule has 1 aliphatic carbocycles. The van der Waals surface area contributed by atoms with E-state index in [-0.39, 0.29) is 11.9 Å². The smallest absolute Gasteiger partial charge is 0.240 e. The van der Waals surface area contributed by atoms with Crippen LogP contribution in [0.5, 0.6) is 0 Å². The van der Waals surface area contributed by atoms with Gasteiger partial charge in [0, 0.05) is 12.6 Å². The Balaban J connectivity index is 2.22. The molecule has 1 rings (SSSR count). The Labute approximate surface area is 66.3 Å². The van der Waals surface area contributed by atoms with E-state index in [2.05, 4.69) is 5.32 Å². The van der Waals surface area contributed by atoms with Crippen LogP contribution in [-0.4, -0.2) is 24.0 Å². The monoisotopic (exact) mass is 157 g/mol. The molecular weight excluding hydrogens is 142 g/mol. The molecule has 0 aliphatic heterocycles. The Bertz CT molecular complexity index is 163. The molecule has 0 aromatic rings.